The fourth-order valence-electron chi connectivity index (χ4n) is 2.12. The number of benzene rings is 1. The highest BCUT2D eigenvalue weighted by atomic mass is 19.2. The molecule has 0 atom stereocenters. The Labute approximate surface area is 158 Å². The van der Waals surface area contributed by atoms with Crippen LogP contribution in [0, 0.1) is 29.1 Å². The lowest BCUT2D eigenvalue weighted by atomic mass is 10.2. The second-order valence-electron chi connectivity index (χ2n) is 5.84. The molecule has 5 nitrogen and oxygen atoms in total. The lowest BCUT2D eigenvalue weighted by Crippen LogP contribution is -2.19. The van der Waals surface area contributed by atoms with Gasteiger partial charge in [-0.25, -0.2) is 31.5 Å². The molecule has 0 N–H and O–H groups in total. The number of hydrogen-bond acceptors (Lipinski definition) is 5. The van der Waals surface area contributed by atoms with Crippen molar-refractivity contribution >= 4 is 11.9 Å². The summed E-state index contributed by atoms with van der Waals surface area (Å²) in [5.41, 5.74) is -1.28. The SMILES string of the molecule is CCCCCCCOC(=O)COCC(=O)OCc1c(F)c(F)c(F)c(F)c1F. The van der Waals surface area contributed by atoms with Gasteiger partial charge in [-0.1, -0.05) is 32.6 Å². The number of esters is 2. The Hall–Kier alpha value is -2.23. The number of carbonyl (C=O) groups excluding carboxylic acids is 2. The van der Waals surface area contributed by atoms with Gasteiger partial charge in [-0.3, -0.25) is 0 Å². The molecular weight excluding hydrogens is 391 g/mol. The van der Waals surface area contributed by atoms with E-state index in [0.717, 1.165) is 25.7 Å². The summed E-state index contributed by atoms with van der Waals surface area (Å²) in [6, 6.07) is 0. The highest BCUT2D eigenvalue weighted by Crippen LogP contribution is 2.23. The molecule has 10 heteroatoms. The summed E-state index contributed by atoms with van der Waals surface area (Å²) < 4.78 is 79.8. The van der Waals surface area contributed by atoms with Gasteiger partial charge in [0.25, 0.3) is 0 Å². The molecular formula is C18H21F5O5. The van der Waals surface area contributed by atoms with E-state index in [2.05, 4.69) is 11.7 Å². The van der Waals surface area contributed by atoms with E-state index < -0.39 is 66.4 Å². The average Bonchev–Trinajstić information content (AvgIpc) is 2.67. The van der Waals surface area contributed by atoms with Crippen LogP contribution in [0.2, 0.25) is 0 Å². The van der Waals surface area contributed by atoms with Crippen molar-refractivity contribution in [3.8, 4) is 0 Å². The van der Waals surface area contributed by atoms with E-state index in [4.69, 9.17) is 9.47 Å². The molecule has 0 spiro atoms. The first-order valence-corrected chi connectivity index (χ1v) is 8.68. The molecule has 0 saturated carbocycles. The van der Waals surface area contributed by atoms with Crippen molar-refractivity contribution in [2.45, 2.75) is 45.6 Å². The Morgan fingerprint density at radius 3 is 1.79 bits per heavy atom. The predicted molar refractivity (Wildman–Crippen MR) is 86.6 cm³/mol. The molecule has 158 valence electrons. The van der Waals surface area contributed by atoms with E-state index in [9.17, 15) is 31.5 Å². The number of unbranched alkanes of at least 4 members (excludes halogenated alkanes) is 4. The molecule has 0 aliphatic heterocycles. The standard InChI is InChI=1S/C18H21F5O5/c1-2-3-4-5-6-7-27-12(24)9-26-10-13(25)28-8-11-14(19)16(21)18(23)17(22)15(11)20/h2-10H2,1H3. The van der Waals surface area contributed by atoms with Crippen LogP contribution in [0.25, 0.3) is 0 Å². The van der Waals surface area contributed by atoms with Crippen molar-refractivity contribution in [2.75, 3.05) is 19.8 Å². The van der Waals surface area contributed by atoms with E-state index in [1.807, 2.05) is 0 Å². The third-order valence-corrected chi connectivity index (χ3v) is 3.63. The zero-order valence-electron chi connectivity index (χ0n) is 15.3. The first-order chi connectivity index (χ1) is 13.3. The van der Waals surface area contributed by atoms with Crippen molar-refractivity contribution in [1.82, 2.24) is 0 Å². The van der Waals surface area contributed by atoms with E-state index in [0.29, 0.717) is 6.42 Å². The fourth-order valence-corrected chi connectivity index (χ4v) is 2.12. The van der Waals surface area contributed by atoms with Gasteiger partial charge in [0.15, 0.2) is 23.3 Å². The number of halogens is 5. The van der Waals surface area contributed by atoms with Crippen LogP contribution < -0.4 is 0 Å². The van der Waals surface area contributed by atoms with Gasteiger partial charge in [0.1, 0.15) is 19.8 Å². The maximum absolute atomic E-state index is 13.4. The first kappa shape index (κ1) is 23.8. The molecule has 0 saturated heterocycles. The molecule has 0 aliphatic rings. The second-order valence-corrected chi connectivity index (χ2v) is 5.84. The molecule has 0 aromatic heterocycles. The zero-order chi connectivity index (χ0) is 21.1. The van der Waals surface area contributed by atoms with Gasteiger partial charge in [-0.2, -0.15) is 0 Å². The number of hydrogen-bond donors (Lipinski definition) is 0. The van der Waals surface area contributed by atoms with Crippen molar-refractivity contribution in [3.05, 3.63) is 34.6 Å². The van der Waals surface area contributed by atoms with Crippen LogP contribution in [0.3, 0.4) is 0 Å². The van der Waals surface area contributed by atoms with Gasteiger partial charge in [-0.05, 0) is 6.42 Å². The van der Waals surface area contributed by atoms with Crippen molar-refractivity contribution in [2.24, 2.45) is 0 Å². The van der Waals surface area contributed by atoms with Gasteiger partial charge in [-0.15, -0.1) is 0 Å². The third kappa shape index (κ3) is 7.41. The molecule has 0 aliphatic carbocycles. The van der Waals surface area contributed by atoms with Crippen LogP contribution in [0.15, 0.2) is 0 Å². The van der Waals surface area contributed by atoms with Gasteiger partial charge in [0.2, 0.25) is 5.82 Å². The largest absolute Gasteiger partial charge is 0.464 e. The lowest BCUT2D eigenvalue weighted by molar-refractivity contribution is -0.156. The van der Waals surface area contributed by atoms with Crippen molar-refractivity contribution < 1.29 is 45.8 Å². The first-order valence-electron chi connectivity index (χ1n) is 8.68. The van der Waals surface area contributed by atoms with Crippen molar-refractivity contribution in [3.63, 3.8) is 0 Å². The fraction of sp³-hybridized carbons (Fsp3) is 0.556. The predicted octanol–water partition coefficient (Wildman–Crippen LogP) is 3.96. The minimum Gasteiger partial charge on any atom is -0.464 e. The highest BCUT2D eigenvalue weighted by Gasteiger charge is 2.26. The maximum atomic E-state index is 13.4. The molecule has 0 amide bonds. The molecule has 1 aromatic carbocycles. The monoisotopic (exact) mass is 412 g/mol. The highest BCUT2D eigenvalue weighted by molar-refractivity contribution is 5.73. The number of rotatable bonds is 12. The minimum absolute atomic E-state index is 0.219. The Morgan fingerprint density at radius 1 is 0.714 bits per heavy atom. The molecule has 1 aromatic rings. The van der Waals surface area contributed by atoms with Gasteiger partial charge in [0, 0.05) is 0 Å². The second kappa shape index (κ2) is 12.3. The van der Waals surface area contributed by atoms with Gasteiger partial charge < -0.3 is 14.2 Å². The average molecular weight is 412 g/mol. The summed E-state index contributed by atoms with van der Waals surface area (Å²) >= 11 is 0. The summed E-state index contributed by atoms with van der Waals surface area (Å²) in [5, 5.41) is 0. The summed E-state index contributed by atoms with van der Waals surface area (Å²) in [6.45, 7) is -0.202. The van der Waals surface area contributed by atoms with E-state index in [1.165, 1.54) is 0 Å². The third-order valence-electron chi connectivity index (χ3n) is 3.63. The quantitative estimate of drug-likeness (QED) is 0.171. The smallest absolute Gasteiger partial charge is 0.332 e. The molecule has 28 heavy (non-hydrogen) atoms. The zero-order valence-corrected chi connectivity index (χ0v) is 15.3. The molecule has 0 heterocycles. The van der Waals surface area contributed by atoms with Crippen LogP contribution in [0.4, 0.5) is 22.0 Å². The van der Waals surface area contributed by atoms with Crippen LogP contribution in [-0.4, -0.2) is 31.8 Å². The van der Waals surface area contributed by atoms with Crippen LogP contribution in [0.1, 0.15) is 44.6 Å². The number of carbonyl (C=O) groups is 2. The molecule has 0 radical (unpaired) electrons. The van der Waals surface area contributed by atoms with Crippen molar-refractivity contribution in [1.29, 1.82) is 0 Å². The Morgan fingerprint density at radius 2 is 1.21 bits per heavy atom. The summed E-state index contributed by atoms with van der Waals surface area (Å²) in [7, 11) is 0. The molecule has 0 unspecified atom stereocenters. The number of ether oxygens (including phenoxy) is 3. The Kier molecular flexibility index (Phi) is 10.4. The summed E-state index contributed by atoms with van der Waals surface area (Å²) in [5.74, 6) is -12.6. The summed E-state index contributed by atoms with van der Waals surface area (Å²) in [6.07, 6.45) is 4.86. The van der Waals surface area contributed by atoms with Crippen LogP contribution in [0.5, 0.6) is 0 Å². The maximum Gasteiger partial charge on any atom is 0.332 e. The Balaban J connectivity index is 2.30. The summed E-state index contributed by atoms with van der Waals surface area (Å²) in [4.78, 5) is 22.8. The van der Waals surface area contributed by atoms with Crippen LogP contribution in [-0.2, 0) is 30.4 Å². The van der Waals surface area contributed by atoms with Crippen LogP contribution >= 0.6 is 0 Å². The topological polar surface area (TPSA) is 61.8 Å². The van der Waals surface area contributed by atoms with E-state index >= 15 is 0 Å². The van der Waals surface area contributed by atoms with E-state index in [-0.39, 0.29) is 6.61 Å². The van der Waals surface area contributed by atoms with Gasteiger partial charge in [0.05, 0.1) is 12.2 Å². The minimum atomic E-state index is -2.31. The van der Waals surface area contributed by atoms with E-state index in [1.54, 1.807) is 0 Å². The molecule has 1 rings (SSSR count). The Bertz CT molecular complexity index is 652. The lowest BCUT2D eigenvalue weighted by Gasteiger charge is -2.09. The van der Waals surface area contributed by atoms with Gasteiger partial charge >= 0.3 is 11.9 Å². The molecule has 0 fully saturated rings. The normalized spacial score (nSPS) is 10.8. The molecule has 0 bridgehead atoms.